The van der Waals surface area contributed by atoms with Gasteiger partial charge in [-0.2, -0.15) is 0 Å². The molecule has 0 heterocycles. The fourth-order valence-corrected chi connectivity index (χ4v) is 1.51. The van der Waals surface area contributed by atoms with Crippen LogP contribution in [0, 0.1) is 0 Å². The summed E-state index contributed by atoms with van der Waals surface area (Å²) in [5, 5.41) is 13.8. The van der Waals surface area contributed by atoms with Crippen molar-refractivity contribution in [3.05, 3.63) is 34.9 Å². The highest BCUT2D eigenvalue weighted by Crippen LogP contribution is 2.18. The highest BCUT2D eigenvalue weighted by molar-refractivity contribution is 6.30. The number of nitrogens with one attached hydrogen (secondary N) is 1. The van der Waals surface area contributed by atoms with Gasteiger partial charge >= 0.3 is 0 Å². The van der Waals surface area contributed by atoms with Crippen LogP contribution < -0.4 is 5.32 Å². The Morgan fingerprint density at radius 2 is 1.93 bits per heavy atom. The number of aliphatic hydroxyl groups is 1. The van der Waals surface area contributed by atoms with E-state index >= 15 is 0 Å². The number of aliphatic hydroxyl groups excluding tert-OH is 1. The van der Waals surface area contributed by atoms with E-state index in [2.05, 4.69) is 5.32 Å². The van der Waals surface area contributed by atoms with Crippen LogP contribution in [0.4, 0.5) is 0 Å². The van der Waals surface area contributed by atoms with E-state index in [1.54, 1.807) is 12.1 Å². The zero-order valence-electron chi connectivity index (χ0n) is 8.50. The van der Waals surface area contributed by atoms with Crippen molar-refractivity contribution < 1.29 is 5.11 Å². The second-order valence-corrected chi connectivity index (χ2v) is 3.78. The molecule has 0 aliphatic rings. The van der Waals surface area contributed by atoms with Gasteiger partial charge in [-0.3, -0.25) is 0 Å². The predicted molar refractivity (Wildman–Crippen MR) is 59.6 cm³/mol. The number of halogens is 1. The van der Waals surface area contributed by atoms with Gasteiger partial charge in [-0.05, 0) is 31.2 Å². The molecule has 0 fully saturated rings. The summed E-state index contributed by atoms with van der Waals surface area (Å²) in [5.41, 5.74) is 0.892. The molecule has 0 aliphatic carbocycles. The number of benzene rings is 1. The molecule has 0 radical (unpaired) electrons. The summed E-state index contributed by atoms with van der Waals surface area (Å²) < 4.78 is 0. The fourth-order valence-electron chi connectivity index (χ4n) is 1.38. The van der Waals surface area contributed by atoms with Crippen LogP contribution in [0.5, 0.6) is 0 Å². The Balaban J connectivity index is 2.68. The lowest BCUT2D eigenvalue weighted by Crippen LogP contribution is -2.31. The van der Waals surface area contributed by atoms with E-state index in [1.807, 2.05) is 26.0 Å². The molecule has 2 nitrogen and oxygen atoms in total. The molecule has 2 N–H and O–H groups in total. The van der Waals surface area contributed by atoms with Gasteiger partial charge in [0.05, 0.1) is 6.10 Å². The Bertz CT molecular complexity index is 273. The molecular formula is C11H16ClNO. The van der Waals surface area contributed by atoms with Crippen LogP contribution in [-0.4, -0.2) is 17.7 Å². The molecule has 0 saturated carbocycles. The molecule has 0 amide bonds. The van der Waals surface area contributed by atoms with Crippen LogP contribution in [0.25, 0.3) is 0 Å². The number of hydrogen-bond acceptors (Lipinski definition) is 2. The first-order chi connectivity index (χ1) is 6.65. The third kappa shape index (κ3) is 2.98. The molecule has 0 unspecified atom stereocenters. The van der Waals surface area contributed by atoms with E-state index in [9.17, 15) is 5.11 Å². The first-order valence-corrected chi connectivity index (χ1v) is 5.20. The summed E-state index contributed by atoms with van der Waals surface area (Å²) >= 11 is 5.76. The topological polar surface area (TPSA) is 32.3 Å². The normalized spacial score (nSPS) is 15.1. The van der Waals surface area contributed by atoms with Crippen molar-refractivity contribution in [2.45, 2.75) is 26.0 Å². The molecule has 3 heteroatoms. The zero-order valence-corrected chi connectivity index (χ0v) is 9.25. The standard InChI is InChI=1S/C11H16ClNO/c1-3-13-8(2)11(14)9-4-6-10(12)7-5-9/h4-8,11,13-14H,3H2,1-2H3/t8-,11-/m0/s1. The van der Waals surface area contributed by atoms with Gasteiger partial charge in [0, 0.05) is 11.1 Å². The summed E-state index contributed by atoms with van der Waals surface area (Å²) in [7, 11) is 0. The molecule has 0 bridgehead atoms. The highest BCUT2D eigenvalue weighted by Gasteiger charge is 2.14. The van der Waals surface area contributed by atoms with Crippen LogP contribution in [0.15, 0.2) is 24.3 Å². The number of likely N-dealkylation sites (N-methyl/N-ethyl adjacent to an activating group) is 1. The van der Waals surface area contributed by atoms with Crippen LogP contribution >= 0.6 is 11.6 Å². The minimum atomic E-state index is -0.479. The second kappa shape index (κ2) is 5.35. The van der Waals surface area contributed by atoms with Crippen molar-refractivity contribution in [3.63, 3.8) is 0 Å². The van der Waals surface area contributed by atoms with E-state index in [0.717, 1.165) is 12.1 Å². The summed E-state index contributed by atoms with van der Waals surface area (Å²) in [4.78, 5) is 0. The fraction of sp³-hybridized carbons (Fsp3) is 0.455. The maximum atomic E-state index is 9.91. The van der Waals surface area contributed by atoms with Gasteiger partial charge in [-0.15, -0.1) is 0 Å². The number of rotatable bonds is 4. The monoisotopic (exact) mass is 213 g/mol. The van der Waals surface area contributed by atoms with Gasteiger partial charge in [0.25, 0.3) is 0 Å². The predicted octanol–water partition coefficient (Wildman–Crippen LogP) is 2.37. The Morgan fingerprint density at radius 1 is 1.36 bits per heavy atom. The largest absolute Gasteiger partial charge is 0.387 e. The van der Waals surface area contributed by atoms with Crippen molar-refractivity contribution in [3.8, 4) is 0 Å². The molecule has 0 aliphatic heterocycles. The Hall–Kier alpha value is -0.570. The van der Waals surface area contributed by atoms with Crippen LogP contribution in [-0.2, 0) is 0 Å². The van der Waals surface area contributed by atoms with Gasteiger partial charge in [-0.1, -0.05) is 30.7 Å². The smallest absolute Gasteiger partial charge is 0.0940 e. The van der Waals surface area contributed by atoms with E-state index in [-0.39, 0.29) is 6.04 Å². The molecule has 2 atom stereocenters. The van der Waals surface area contributed by atoms with E-state index in [1.165, 1.54) is 0 Å². The van der Waals surface area contributed by atoms with Crippen molar-refractivity contribution >= 4 is 11.6 Å². The molecule has 1 aromatic rings. The van der Waals surface area contributed by atoms with E-state index in [0.29, 0.717) is 5.02 Å². The third-order valence-corrected chi connectivity index (χ3v) is 2.46. The molecule has 14 heavy (non-hydrogen) atoms. The zero-order chi connectivity index (χ0) is 10.6. The highest BCUT2D eigenvalue weighted by atomic mass is 35.5. The molecule has 1 rings (SSSR count). The van der Waals surface area contributed by atoms with Gasteiger partial charge in [0.15, 0.2) is 0 Å². The molecule has 78 valence electrons. The molecule has 0 spiro atoms. The van der Waals surface area contributed by atoms with Gasteiger partial charge < -0.3 is 10.4 Å². The first kappa shape index (κ1) is 11.5. The summed E-state index contributed by atoms with van der Waals surface area (Å²) in [5.74, 6) is 0. The maximum absolute atomic E-state index is 9.91. The van der Waals surface area contributed by atoms with E-state index in [4.69, 9.17) is 11.6 Å². The minimum Gasteiger partial charge on any atom is -0.387 e. The van der Waals surface area contributed by atoms with Gasteiger partial charge in [-0.25, -0.2) is 0 Å². The lowest BCUT2D eigenvalue weighted by molar-refractivity contribution is 0.137. The average Bonchev–Trinajstić information content (AvgIpc) is 2.18. The quantitative estimate of drug-likeness (QED) is 0.805. The van der Waals surface area contributed by atoms with Crippen molar-refractivity contribution in [1.82, 2.24) is 5.32 Å². The third-order valence-electron chi connectivity index (χ3n) is 2.21. The van der Waals surface area contributed by atoms with Crippen molar-refractivity contribution in [1.29, 1.82) is 0 Å². The number of hydrogen-bond donors (Lipinski definition) is 2. The van der Waals surface area contributed by atoms with Crippen LogP contribution in [0.3, 0.4) is 0 Å². The molecule has 1 aromatic carbocycles. The van der Waals surface area contributed by atoms with Crippen molar-refractivity contribution in [2.75, 3.05) is 6.54 Å². The molecule has 0 saturated heterocycles. The Kier molecular flexibility index (Phi) is 4.39. The average molecular weight is 214 g/mol. The maximum Gasteiger partial charge on any atom is 0.0940 e. The van der Waals surface area contributed by atoms with Crippen LogP contribution in [0.1, 0.15) is 25.5 Å². The van der Waals surface area contributed by atoms with E-state index < -0.39 is 6.10 Å². The molecular weight excluding hydrogens is 198 g/mol. The van der Waals surface area contributed by atoms with Crippen LogP contribution in [0.2, 0.25) is 5.02 Å². The minimum absolute atomic E-state index is 0.0566. The summed E-state index contributed by atoms with van der Waals surface area (Å²) in [6.45, 7) is 4.83. The summed E-state index contributed by atoms with van der Waals surface area (Å²) in [6.07, 6.45) is -0.479. The molecule has 0 aromatic heterocycles. The first-order valence-electron chi connectivity index (χ1n) is 4.82. The lowest BCUT2D eigenvalue weighted by Gasteiger charge is -2.19. The SMILES string of the molecule is CCN[C@@H](C)[C@H](O)c1ccc(Cl)cc1. The van der Waals surface area contributed by atoms with Gasteiger partial charge in [0.1, 0.15) is 0 Å². The van der Waals surface area contributed by atoms with Crippen molar-refractivity contribution in [2.24, 2.45) is 0 Å². The Morgan fingerprint density at radius 3 is 2.43 bits per heavy atom. The lowest BCUT2D eigenvalue weighted by atomic mass is 10.0. The summed E-state index contributed by atoms with van der Waals surface area (Å²) in [6, 6.07) is 7.33. The van der Waals surface area contributed by atoms with Gasteiger partial charge in [0.2, 0.25) is 0 Å². The second-order valence-electron chi connectivity index (χ2n) is 3.34. The Labute approximate surface area is 89.9 Å².